The highest BCUT2D eigenvalue weighted by Crippen LogP contribution is 2.38. The molecule has 2 rings (SSSR count). The third kappa shape index (κ3) is 3.29. The number of aldehydes is 1. The van der Waals surface area contributed by atoms with Gasteiger partial charge in [0.25, 0.3) is 0 Å². The second-order valence-electron chi connectivity index (χ2n) is 4.80. The maximum absolute atomic E-state index is 11.0. The van der Waals surface area contributed by atoms with Crippen LogP contribution in [0.15, 0.2) is 17.7 Å². The maximum Gasteiger partial charge on any atom is 0.179 e. The van der Waals surface area contributed by atoms with Crippen LogP contribution in [0.4, 0.5) is 0 Å². The molecule has 1 aliphatic rings. The fraction of sp³-hybridized carbons (Fsp3) is 0.400. The number of halogens is 1. The molecule has 4 heteroatoms. The Morgan fingerprint density at radius 2 is 2.05 bits per heavy atom. The van der Waals surface area contributed by atoms with E-state index in [1.165, 1.54) is 0 Å². The van der Waals surface area contributed by atoms with Gasteiger partial charge in [0.15, 0.2) is 11.5 Å². The second-order valence-corrected chi connectivity index (χ2v) is 5.20. The van der Waals surface area contributed by atoms with Crippen LogP contribution >= 0.6 is 11.6 Å². The maximum atomic E-state index is 11.0. The molecule has 0 N–H and O–H groups in total. The zero-order valence-electron chi connectivity index (χ0n) is 11.1. The average molecular weight is 281 g/mol. The first-order chi connectivity index (χ1) is 9.11. The van der Waals surface area contributed by atoms with Crippen LogP contribution in [0.2, 0.25) is 5.02 Å². The van der Waals surface area contributed by atoms with Crippen molar-refractivity contribution in [2.45, 2.75) is 20.3 Å². The molecule has 102 valence electrons. The first-order valence-electron chi connectivity index (χ1n) is 6.37. The number of ether oxygens (including phenoxy) is 2. The molecule has 1 aromatic carbocycles. The summed E-state index contributed by atoms with van der Waals surface area (Å²) in [6.45, 7) is 5.17. The Labute approximate surface area is 118 Å². The largest absolute Gasteiger partial charge is 0.489 e. The summed E-state index contributed by atoms with van der Waals surface area (Å²) in [5, 5.41) is 0.514. The van der Waals surface area contributed by atoms with Crippen molar-refractivity contribution < 1.29 is 14.3 Å². The van der Waals surface area contributed by atoms with E-state index in [1.807, 2.05) is 26.0 Å². The van der Waals surface area contributed by atoms with Crippen molar-refractivity contribution in [2.75, 3.05) is 13.2 Å². The minimum absolute atomic E-state index is 0.173. The molecule has 1 heterocycles. The highest BCUT2D eigenvalue weighted by molar-refractivity contribution is 6.32. The van der Waals surface area contributed by atoms with Crippen molar-refractivity contribution in [1.82, 2.24) is 0 Å². The van der Waals surface area contributed by atoms with Gasteiger partial charge in [-0.15, -0.1) is 0 Å². The number of carbonyl (C=O) groups is 1. The standard InChI is InChI=1S/C15H17ClO3/c1-10(2)12(9-17)6-11-7-13(16)15-14(8-11)18-4-3-5-19-15/h6-10H,3-5H2,1-2H3. The smallest absolute Gasteiger partial charge is 0.179 e. The van der Waals surface area contributed by atoms with Gasteiger partial charge in [-0.3, -0.25) is 4.79 Å². The second kappa shape index (κ2) is 6.11. The van der Waals surface area contributed by atoms with Crippen molar-refractivity contribution in [1.29, 1.82) is 0 Å². The minimum Gasteiger partial charge on any atom is -0.489 e. The number of hydrogen-bond donors (Lipinski definition) is 0. The van der Waals surface area contributed by atoms with E-state index in [4.69, 9.17) is 21.1 Å². The molecule has 0 amide bonds. The Balaban J connectivity index is 2.41. The molecule has 0 radical (unpaired) electrons. The van der Waals surface area contributed by atoms with Gasteiger partial charge in [0.2, 0.25) is 0 Å². The van der Waals surface area contributed by atoms with Gasteiger partial charge in [0, 0.05) is 6.42 Å². The lowest BCUT2D eigenvalue weighted by atomic mass is 10.0. The van der Waals surface area contributed by atoms with Gasteiger partial charge in [-0.2, -0.15) is 0 Å². The number of carbonyl (C=O) groups excluding carboxylic acids is 1. The van der Waals surface area contributed by atoms with Crippen molar-refractivity contribution in [3.8, 4) is 11.5 Å². The fourth-order valence-electron chi connectivity index (χ4n) is 1.86. The van der Waals surface area contributed by atoms with Gasteiger partial charge in [-0.1, -0.05) is 25.4 Å². The van der Waals surface area contributed by atoms with Gasteiger partial charge in [-0.25, -0.2) is 0 Å². The van der Waals surface area contributed by atoms with Crippen LogP contribution in [0.5, 0.6) is 11.5 Å². The molecule has 19 heavy (non-hydrogen) atoms. The van der Waals surface area contributed by atoms with Crippen molar-refractivity contribution in [3.05, 3.63) is 28.3 Å². The molecule has 0 saturated heterocycles. The lowest BCUT2D eigenvalue weighted by molar-refractivity contribution is -0.105. The summed E-state index contributed by atoms with van der Waals surface area (Å²) in [6, 6.07) is 3.65. The van der Waals surface area contributed by atoms with Crippen LogP contribution in [0.1, 0.15) is 25.8 Å². The Bertz CT molecular complexity index is 506. The summed E-state index contributed by atoms with van der Waals surface area (Å²) in [6.07, 6.45) is 3.54. The van der Waals surface area contributed by atoms with E-state index in [9.17, 15) is 4.79 Å². The summed E-state index contributed by atoms with van der Waals surface area (Å²) in [5.41, 5.74) is 1.58. The van der Waals surface area contributed by atoms with Crippen LogP contribution < -0.4 is 9.47 Å². The first-order valence-corrected chi connectivity index (χ1v) is 6.75. The minimum atomic E-state index is 0.173. The van der Waals surface area contributed by atoms with E-state index < -0.39 is 0 Å². The highest BCUT2D eigenvalue weighted by atomic mass is 35.5. The van der Waals surface area contributed by atoms with E-state index in [0.717, 1.165) is 23.8 Å². The van der Waals surface area contributed by atoms with Gasteiger partial charge >= 0.3 is 0 Å². The predicted octanol–water partition coefficient (Wildman–Crippen LogP) is 3.74. The molecule has 0 aliphatic carbocycles. The third-order valence-corrected chi connectivity index (χ3v) is 3.24. The quantitative estimate of drug-likeness (QED) is 0.625. The number of hydrogen-bond acceptors (Lipinski definition) is 3. The van der Waals surface area contributed by atoms with Gasteiger partial charge in [-0.05, 0) is 35.3 Å². The molecule has 3 nitrogen and oxygen atoms in total. The van der Waals surface area contributed by atoms with Gasteiger partial charge in [0.05, 0.1) is 18.2 Å². The fourth-order valence-corrected chi connectivity index (χ4v) is 2.14. The monoisotopic (exact) mass is 280 g/mol. The van der Waals surface area contributed by atoms with E-state index in [2.05, 4.69) is 0 Å². The topological polar surface area (TPSA) is 35.5 Å². The Kier molecular flexibility index (Phi) is 4.48. The Morgan fingerprint density at radius 3 is 2.74 bits per heavy atom. The van der Waals surface area contributed by atoms with E-state index >= 15 is 0 Å². The molecule has 1 aliphatic heterocycles. The molecule has 0 aromatic heterocycles. The normalized spacial score (nSPS) is 15.3. The van der Waals surface area contributed by atoms with E-state index in [1.54, 1.807) is 6.07 Å². The molecule has 1 aromatic rings. The summed E-state index contributed by atoms with van der Waals surface area (Å²) >= 11 is 6.20. The average Bonchev–Trinajstić information content (AvgIpc) is 2.61. The summed E-state index contributed by atoms with van der Waals surface area (Å²) in [5.74, 6) is 1.41. The van der Waals surface area contributed by atoms with Crippen LogP contribution in [0, 0.1) is 5.92 Å². The van der Waals surface area contributed by atoms with Crippen molar-refractivity contribution in [3.63, 3.8) is 0 Å². The third-order valence-electron chi connectivity index (χ3n) is 2.96. The number of rotatable bonds is 3. The van der Waals surface area contributed by atoms with E-state index in [-0.39, 0.29) is 5.92 Å². The Hall–Kier alpha value is -1.48. The van der Waals surface area contributed by atoms with Crippen LogP contribution in [0.25, 0.3) is 6.08 Å². The van der Waals surface area contributed by atoms with Crippen LogP contribution in [-0.2, 0) is 4.79 Å². The molecule has 0 bridgehead atoms. The van der Waals surface area contributed by atoms with Crippen molar-refractivity contribution in [2.24, 2.45) is 5.92 Å². The summed E-state index contributed by atoms with van der Waals surface area (Å²) in [4.78, 5) is 11.0. The van der Waals surface area contributed by atoms with Gasteiger partial charge < -0.3 is 9.47 Å². The first kappa shape index (κ1) is 13.9. The van der Waals surface area contributed by atoms with E-state index in [0.29, 0.717) is 29.7 Å². The zero-order chi connectivity index (χ0) is 13.8. The zero-order valence-corrected chi connectivity index (χ0v) is 11.9. The number of allylic oxidation sites excluding steroid dienone is 1. The van der Waals surface area contributed by atoms with Gasteiger partial charge in [0.1, 0.15) is 6.29 Å². The van der Waals surface area contributed by atoms with Crippen LogP contribution in [-0.4, -0.2) is 19.5 Å². The SMILES string of the molecule is CC(C)C(C=O)=Cc1cc(Cl)c2c(c1)OCCCO2. The summed E-state index contributed by atoms with van der Waals surface area (Å²) in [7, 11) is 0. The molecule has 0 saturated carbocycles. The lowest BCUT2D eigenvalue weighted by Gasteiger charge is -2.11. The van der Waals surface area contributed by atoms with Crippen molar-refractivity contribution >= 4 is 24.0 Å². The summed E-state index contributed by atoms with van der Waals surface area (Å²) < 4.78 is 11.2. The molecule has 0 spiro atoms. The molecule has 0 unspecified atom stereocenters. The lowest BCUT2D eigenvalue weighted by Crippen LogP contribution is -1.97. The molecular formula is C15H17ClO3. The Morgan fingerprint density at radius 1 is 1.32 bits per heavy atom. The number of benzene rings is 1. The predicted molar refractivity (Wildman–Crippen MR) is 75.9 cm³/mol. The molecular weight excluding hydrogens is 264 g/mol. The van der Waals surface area contributed by atoms with Crippen LogP contribution in [0.3, 0.4) is 0 Å². The highest BCUT2D eigenvalue weighted by Gasteiger charge is 2.15. The molecule has 0 atom stereocenters. The number of fused-ring (bicyclic) bond motifs is 1. The molecule has 0 fully saturated rings.